The number of rotatable bonds is 6. The molecule has 1 spiro atoms. The summed E-state index contributed by atoms with van der Waals surface area (Å²) in [4.78, 5) is 45.6. The second-order valence-corrected chi connectivity index (χ2v) is 11.2. The van der Waals surface area contributed by atoms with Crippen LogP contribution in [0.25, 0.3) is 0 Å². The number of benzene rings is 2. The highest BCUT2D eigenvalue weighted by atomic mass is 35.5. The molecule has 6 atom stereocenters. The van der Waals surface area contributed by atoms with Crippen molar-refractivity contribution in [2.75, 3.05) is 24.7 Å². The van der Waals surface area contributed by atoms with Gasteiger partial charge in [-0.2, -0.15) is 0 Å². The number of nitrogens with zero attached hydrogens (tertiary/aromatic N) is 2. The molecule has 9 heteroatoms. The molecule has 2 aromatic rings. The summed E-state index contributed by atoms with van der Waals surface area (Å²) >= 11 is 6.12. The van der Waals surface area contributed by atoms with E-state index in [1.54, 1.807) is 41.3 Å². The zero-order chi connectivity index (χ0) is 28.1. The van der Waals surface area contributed by atoms with Crippen LogP contribution in [0.2, 0.25) is 5.02 Å². The number of aliphatic hydroxyl groups excluding tert-OH is 1. The summed E-state index contributed by atoms with van der Waals surface area (Å²) in [5.41, 5.74) is -1.01. The first-order valence-electron chi connectivity index (χ1n) is 13.6. The lowest BCUT2D eigenvalue weighted by Crippen LogP contribution is -2.59. The van der Waals surface area contributed by atoms with E-state index in [1.807, 2.05) is 49.4 Å². The highest BCUT2D eigenvalue weighted by Gasteiger charge is 2.76. The number of carbonyl (C=O) groups excluding carboxylic acids is 3. The van der Waals surface area contributed by atoms with Gasteiger partial charge in [0.1, 0.15) is 29.8 Å². The maximum Gasteiger partial charge on any atom is 0.313 e. The first-order valence-corrected chi connectivity index (χ1v) is 14.0. The number of cyclic esters (lactones) is 1. The van der Waals surface area contributed by atoms with Gasteiger partial charge < -0.3 is 24.4 Å². The number of carbonyl (C=O) groups is 3. The predicted octanol–water partition coefficient (Wildman–Crippen LogP) is 3.32. The Hall–Kier alpha value is -3.46. The van der Waals surface area contributed by atoms with E-state index >= 15 is 0 Å². The highest BCUT2D eigenvalue weighted by molar-refractivity contribution is 6.30. The average molecular weight is 563 g/mol. The van der Waals surface area contributed by atoms with Crippen LogP contribution < -0.4 is 4.90 Å². The Kier molecular flexibility index (Phi) is 6.81. The molecule has 1 N–H and O–H groups in total. The topological polar surface area (TPSA) is 96.4 Å². The maximum atomic E-state index is 14.6. The minimum atomic E-state index is -1.43. The van der Waals surface area contributed by atoms with Crippen molar-refractivity contribution in [1.82, 2.24) is 4.90 Å². The number of aliphatic hydroxyl groups is 1. The normalized spacial score (nSPS) is 31.8. The van der Waals surface area contributed by atoms with Gasteiger partial charge in [-0.1, -0.05) is 67.1 Å². The molecule has 208 valence electrons. The van der Waals surface area contributed by atoms with Gasteiger partial charge in [-0.05, 0) is 48.7 Å². The molecule has 6 rings (SSSR count). The molecule has 2 aromatic carbocycles. The third kappa shape index (κ3) is 4.00. The molecule has 0 radical (unpaired) electrons. The lowest BCUT2D eigenvalue weighted by atomic mass is 9.73. The second-order valence-electron chi connectivity index (χ2n) is 10.8. The molecule has 0 saturated carbocycles. The fraction of sp³-hybridized carbons (Fsp3) is 0.387. The molecule has 2 saturated heterocycles. The van der Waals surface area contributed by atoms with Crippen molar-refractivity contribution in [2.24, 2.45) is 11.8 Å². The molecule has 0 aliphatic carbocycles. The third-order valence-corrected chi connectivity index (χ3v) is 8.94. The summed E-state index contributed by atoms with van der Waals surface area (Å²) in [5.74, 6) is -3.21. The molecule has 2 amide bonds. The van der Waals surface area contributed by atoms with Crippen LogP contribution in [0.15, 0.2) is 78.9 Å². The van der Waals surface area contributed by atoms with Gasteiger partial charge in [0.05, 0.1) is 18.6 Å². The molecule has 4 aliphatic rings. The largest absolute Gasteiger partial charge is 0.461 e. The number of anilines is 1. The molecule has 0 bridgehead atoms. The Morgan fingerprint density at radius 1 is 1.00 bits per heavy atom. The molecule has 2 fully saturated rings. The van der Waals surface area contributed by atoms with Gasteiger partial charge >= 0.3 is 5.97 Å². The quantitative estimate of drug-likeness (QED) is 0.429. The van der Waals surface area contributed by atoms with Gasteiger partial charge in [0.2, 0.25) is 5.91 Å². The van der Waals surface area contributed by atoms with Crippen LogP contribution in [0, 0.1) is 11.8 Å². The highest BCUT2D eigenvalue weighted by Crippen LogP contribution is 2.59. The van der Waals surface area contributed by atoms with Gasteiger partial charge in [-0.3, -0.25) is 14.4 Å². The number of ether oxygens (including phenoxy) is 2. The summed E-state index contributed by atoms with van der Waals surface area (Å²) < 4.78 is 12.4. The Labute approximate surface area is 237 Å². The first-order chi connectivity index (χ1) is 19.3. The lowest BCUT2D eigenvalue weighted by molar-refractivity contribution is -0.159. The van der Waals surface area contributed by atoms with E-state index in [0.717, 1.165) is 5.56 Å². The molecular formula is C31H31ClN2O6. The predicted molar refractivity (Wildman–Crippen MR) is 149 cm³/mol. The third-order valence-electron chi connectivity index (χ3n) is 8.69. The number of likely N-dealkylation sites (tertiary alicyclic amines) is 1. The maximum absolute atomic E-state index is 14.6. The van der Waals surface area contributed by atoms with Crippen molar-refractivity contribution in [2.45, 2.75) is 43.1 Å². The number of hydrogen-bond acceptors (Lipinski definition) is 6. The Morgan fingerprint density at radius 2 is 1.75 bits per heavy atom. The zero-order valence-electron chi connectivity index (χ0n) is 22.1. The van der Waals surface area contributed by atoms with Gasteiger partial charge in [0, 0.05) is 17.3 Å². The first kappa shape index (κ1) is 26.7. The van der Waals surface area contributed by atoms with E-state index < -0.39 is 47.0 Å². The Morgan fingerprint density at radius 3 is 2.45 bits per heavy atom. The van der Waals surface area contributed by atoms with Gasteiger partial charge in [-0.25, -0.2) is 0 Å². The average Bonchev–Trinajstić information content (AvgIpc) is 3.25. The minimum Gasteiger partial charge on any atom is -0.461 e. The van der Waals surface area contributed by atoms with Crippen molar-refractivity contribution in [1.29, 1.82) is 0 Å². The van der Waals surface area contributed by atoms with Crippen LogP contribution in [-0.2, 0) is 30.3 Å². The molecule has 0 aromatic heterocycles. The number of hydrogen-bond donors (Lipinski definition) is 1. The fourth-order valence-electron chi connectivity index (χ4n) is 6.92. The van der Waals surface area contributed by atoms with Crippen LogP contribution in [0.1, 0.15) is 18.9 Å². The van der Waals surface area contributed by atoms with Crippen LogP contribution in [0.5, 0.6) is 0 Å². The molecular weight excluding hydrogens is 532 g/mol. The molecule has 1 unspecified atom stereocenters. The van der Waals surface area contributed by atoms with Crippen molar-refractivity contribution in [3.8, 4) is 0 Å². The summed E-state index contributed by atoms with van der Waals surface area (Å²) in [5, 5.41) is 11.2. The second kappa shape index (κ2) is 10.2. The molecule has 40 heavy (non-hydrogen) atoms. The zero-order valence-corrected chi connectivity index (χ0v) is 22.9. The van der Waals surface area contributed by atoms with E-state index in [-0.39, 0.29) is 25.7 Å². The van der Waals surface area contributed by atoms with Crippen molar-refractivity contribution in [3.05, 3.63) is 89.5 Å². The minimum absolute atomic E-state index is 0.0912. The number of halogens is 1. The van der Waals surface area contributed by atoms with Gasteiger partial charge in [-0.15, -0.1) is 0 Å². The van der Waals surface area contributed by atoms with Gasteiger partial charge in [0.15, 0.2) is 0 Å². The van der Waals surface area contributed by atoms with E-state index in [4.69, 9.17) is 21.1 Å². The molecule has 8 nitrogen and oxygen atoms in total. The van der Waals surface area contributed by atoms with Crippen LogP contribution in [0.4, 0.5) is 5.69 Å². The van der Waals surface area contributed by atoms with E-state index in [0.29, 0.717) is 23.6 Å². The molecule has 4 heterocycles. The Balaban J connectivity index is 1.51. The fourth-order valence-corrected chi connectivity index (χ4v) is 7.04. The van der Waals surface area contributed by atoms with Gasteiger partial charge in [0.25, 0.3) is 5.91 Å². The van der Waals surface area contributed by atoms with Crippen molar-refractivity contribution < 1.29 is 29.0 Å². The van der Waals surface area contributed by atoms with Crippen molar-refractivity contribution in [3.63, 3.8) is 0 Å². The summed E-state index contributed by atoms with van der Waals surface area (Å²) in [6, 6.07) is 14.6. The van der Waals surface area contributed by atoms with Crippen molar-refractivity contribution >= 4 is 35.1 Å². The van der Waals surface area contributed by atoms with Crippen LogP contribution in [-0.4, -0.2) is 70.8 Å². The lowest BCUT2D eigenvalue weighted by Gasteiger charge is -2.40. The van der Waals surface area contributed by atoms with E-state index in [2.05, 4.69) is 0 Å². The summed E-state index contributed by atoms with van der Waals surface area (Å²) in [6.07, 6.45) is 7.91. The Bertz CT molecular complexity index is 1380. The smallest absolute Gasteiger partial charge is 0.313 e. The number of fused-ring (bicyclic) bond motifs is 2. The van der Waals surface area contributed by atoms with Crippen LogP contribution in [0.3, 0.4) is 0 Å². The van der Waals surface area contributed by atoms with E-state index in [1.165, 1.54) is 4.90 Å². The van der Waals surface area contributed by atoms with E-state index in [9.17, 15) is 19.5 Å². The summed E-state index contributed by atoms with van der Waals surface area (Å²) in [6.45, 7) is 1.86. The SMILES string of the molecule is CC[C@@]12C=CCOC(=O)[C@@H]1[C@H]1C(=O)N([C@@H](CO)Cc3ccccc3)C3C(=O)N(c4ccc(Cl)cc4)CC=C[C@@]31O2. The number of amides is 2. The monoisotopic (exact) mass is 562 g/mol. The standard InChI is InChI=1S/C31H31ClN2O6/c1-2-30-14-7-17-39-29(38)25(30)24-27(36)34(23(19-35)18-20-8-4-3-5-9-20)26-28(37)33(16-6-15-31(24,26)40-30)22-12-10-21(32)11-13-22/h3-15,23-26,35H,2,16-19H2,1H3/t23-,24+,25+,26?,30-,31+/m1/s1. The summed E-state index contributed by atoms with van der Waals surface area (Å²) in [7, 11) is 0. The van der Waals surface area contributed by atoms with Crippen LogP contribution >= 0.6 is 11.6 Å². The molecule has 4 aliphatic heterocycles. The number of esters is 1.